The molecule has 2 aromatic rings. The van der Waals surface area contributed by atoms with E-state index < -0.39 is 0 Å². The molecule has 0 fully saturated rings. The molecule has 0 unspecified atom stereocenters. The standard InChI is InChI=1S/C16H19N3O/c1-3-15(4-2)19(12-14-8-6-5-7-9-14)16(20)18-11-10-17-13-18/h3,5-11,13H,4,12H2,1-2H3. The summed E-state index contributed by atoms with van der Waals surface area (Å²) in [6.07, 6.45) is 7.61. The van der Waals surface area contributed by atoms with Gasteiger partial charge in [-0.2, -0.15) is 0 Å². The highest BCUT2D eigenvalue weighted by Crippen LogP contribution is 2.15. The second kappa shape index (κ2) is 6.70. The molecule has 1 heterocycles. The van der Waals surface area contributed by atoms with Crippen molar-refractivity contribution in [2.75, 3.05) is 0 Å². The van der Waals surface area contributed by atoms with Crippen LogP contribution < -0.4 is 0 Å². The zero-order chi connectivity index (χ0) is 14.4. The first-order valence-corrected chi connectivity index (χ1v) is 6.75. The van der Waals surface area contributed by atoms with Crippen molar-refractivity contribution in [1.29, 1.82) is 0 Å². The lowest BCUT2D eigenvalue weighted by molar-refractivity contribution is 0.209. The topological polar surface area (TPSA) is 38.1 Å². The first-order chi connectivity index (χ1) is 9.76. The molecule has 104 valence electrons. The number of amides is 1. The van der Waals surface area contributed by atoms with Crippen molar-refractivity contribution in [3.63, 3.8) is 0 Å². The Bertz CT molecular complexity index is 573. The smallest absolute Gasteiger partial charge is 0.293 e. The highest BCUT2D eigenvalue weighted by molar-refractivity contribution is 5.78. The van der Waals surface area contributed by atoms with E-state index in [1.54, 1.807) is 17.3 Å². The van der Waals surface area contributed by atoms with Crippen molar-refractivity contribution in [3.05, 3.63) is 66.4 Å². The van der Waals surface area contributed by atoms with Gasteiger partial charge in [0.1, 0.15) is 6.33 Å². The second-order valence-electron chi connectivity index (χ2n) is 4.46. The minimum Gasteiger partial charge on any atom is -0.293 e. The third-order valence-electron chi connectivity index (χ3n) is 3.18. The summed E-state index contributed by atoms with van der Waals surface area (Å²) in [6.45, 7) is 4.57. The molecular formula is C16H19N3O. The average molecular weight is 269 g/mol. The van der Waals surface area contributed by atoms with E-state index in [2.05, 4.69) is 11.9 Å². The Morgan fingerprint density at radius 3 is 2.65 bits per heavy atom. The van der Waals surface area contributed by atoms with Gasteiger partial charge in [0.15, 0.2) is 0 Å². The number of rotatable bonds is 4. The van der Waals surface area contributed by atoms with Crippen LogP contribution in [0.2, 0.25) is 0 Å². The number of benzene rings is 1. The molecule has 0 aliphatic carbocycles. The molecule has 20 heavy (non-hydrogen) atoms. The lowest BCUT2D eigenvalue weighted by Gasteiger charge is -2.25. The molecule has 0 saturated carbocycles. The first kappa shape index (κ1) is 14.1. The summed E-state index contributed by atoms with van der Waals surface area (Å²) >= 11 is 0. The zero-order valence-electron chi connectivity index (χ0n) is 11.9. The summed E-state index contributed by atoms with van der Waals surface area (Å²) in [7, 11) is 0. The quantitative estimate of drug-likeness (QED) is 0.849. The van der Waals surface area contributed by atoms with Crippen LogP contribution in [-0.2, 0) is 6.54 Å². The fourth-order valence-corrected chi connectivity index (χ4v) is 2.12. The lowest BCUT2D eigenvalue weighted by atomic mass is 10.2. The molecule has 0 aliphatic rings. The lowest BCUT2D eigenvalue weighted by Crippen LogP contribution is -2.32. The molecule has 0 N–H and O–H groups in total. The maximum absolute atomic E-state index is 12.6. The van der Waals surface area contributed by atoms with Crippen LogP contribution >= 0.6 is 0 Å². The van der Waals surface area contributed by atoms with Crippen molar-refractivity contribution in [2.24, 2.45) is 0 Å². The van der Waals surface area contributed by atoms with Gasteiger partial charge in [-0.25, -0.2) is 9.78 Å². The Morgan fingerprint density at radius 1 is 1.35 bits per heavy atom. The Hall–Kier alpha value is -2.36. The molecule has 0 saturated heterocycles. The van der Waals surface area contributed by atoms with E-state index in [0.717, 1.165) is 17.7 Å². The monoisotopic (exact) mass is 269 g/mol. The van der Waals surface area contributed by atoms with Gasteiger partial charge in [-0.3, -0.25) is 9.47 Å². The fourth-order valence-electron chi connectivity index (χ4n) is 2.12. The van der Waals surface area contributed by atoms with E-state index in [4.69, 9.17) is 0 Å². The fraction of sp³-hybridized carbons (Fsp3) is 0.250. The van der Waals surface area contributed by atoms with Crippen LogP contribution in [-0.4, -0.2) is 20.5 Å². The minimum absolute atomic E-state index is 0.0821. The van der Waals surface area contributed by atoms with Crippen LogP contribution in [0.5, 0.6) is 0 Å². The van der Waals surface area contributed by atoms with Gasteiger partial charge in [0.25, 0.3) is 0 Å². The van der Waals surface area contributed by atoms with Crippen molar-refractivity contribution < 1.29 is 4.79 Å². The summed E-state index contributed by atoms with van der Waals surface area (Å²) in [6, 6.07) is 9.91. The maximum Gasteiger partial charge on any atom is 0.333 e. The molecule has 1 aromatic carbocycles. The summed E-state index contributed by atoms with van der Waals surface area (Å²) in [5, 5.41) is 0. The van der Waals surface area contributed by atoms with Gasteiger partial charge in [0.2, 0.25) is 0 Å². The number of hydrogen-bond acceptors (Lipinski definition) is 2. The Kier molecular flexibility index (Phi) is 4.71. The molecule has 0 bridgehead atoms. The molecule has 0 aliphatic heterocycles. The average Bonchev–Trinajstić information content (AvgIpc) is 3.02. The van der Waals surface area contributed by atoms with Gasteiger partial charge in [-0.1, -0.05) is 43.3 Å². The molecule has 4 nitrogen and oxygen atoms in total. The highest BCUT2D eigenvalue weighted by Gasteiger charge is 2.18. The summed E-state index contributed by atoms with van der Waals surface area (Å²) in [5.41, 5.74) is 2.11. The number of carbonyl (C=O) groups excluding carboxylic acids is 1. The van der Waals surface area contributed by atoms with Gasteiger partial charge in [-0.15, -0.1) is 0 Å². The third-order valence-corrected chi connectivity index (χ3v) is 3.18. The number of nitrogens with zero attached hydrogens (tertiary/aromatic N) is 3. The normalized spacial score (nSPS) is 11.4. The van der Waals surface area contributed by atoms with Crippen molar-refractivity contribution in [3.8, 4) is 0 Å². The van der Waals surface area contributed by atoms with E-state index >= 15 is 0 Å². The van der Waals surface area contributed by atoms with E-state index in [0.29, 0.717) is 6.54 Å². The number of hydrogen-bond donors (Lipinski definition) is 0. The first-order valence-electron chi connectivity index (χ1n) is 6.75. The molecule has 0 radical (unpaired) electrons. The number of allylic oxidation sites excluding steroid dienone is 2. The maximum atomic E-state index is 12.6. The van der Waals surface area contributed by atoms with Crippen LogP contribution in [0.4, 0.5) is 4.79 Å². The van der Waals surface area contributed by atoms with Crippen molar-refractivity contribution >= 4 is 6.03 Å². The number of imidazole rings is 1. The van der Waals surface area contributed by atoms with E-state index in [1.807, 2.05) is 43.3 Å². The largest absolute Gasteiger partial charge is 0.333 e. The molecule has 0 atom stereocenters. The van der Waals surface area contributed by atoms with Gasteiger partial charge in [0, 0.05) is 18.1 Å². The highest BCUT2D eigenvalue weighted by atomic mass is 16.2. The molecule has 2 rings (SSSR count). The van der Waals surface area contributed by atoms with Crippen LogP contribution in [0, 0.1) is 0 Å². The third kappa shape index (κ3) is 3.15. The second-order valence-corrected chi connectivity index (χ2v) is 4.46. The molecule has 4 heteroatoms. The van der Waals surface area contributed by atoms with Crippen LogP contribution in [0.25, 0.3) is 0 Å². The zero-order valence-corrected chi connectivity index (χ0v) is 11.9. The predicted octanol–water partition coefficient (Wildman–Crippen LogP) is 3.67. The molecule has 1 amide bonds. The minimum atomic E-state index is -0.0821. The summed E-state index contributed by atoms with van der Waals surface area (Å²) < 4.78 is 1.50. The van der Waals surface area contributed by atoms with Crippen molar-refractivity contribution in [1.82, 2.24) is 14.5 Å². The van der Waals surface area contributed by atoms with Gasteiger partial charge >= 0.3 is 6.03 Å². The van der Waals surface area contributed by atoms with Crippen LogP contribution in [0.15, 0.2) is 60.8 Å². The molecule has 1 aromatic heterocycles. The van der Waals surface area contributed by atoms with Gasteiger partial charge < -0.3 is 0 Å². The van der Waals surface area contributed by atoms with Crippen molar-refractivity contribution in [2.45, 2.75) is 26.8 Å². The summed E-state index contributed by atoms with van der Waals surface area (Å²) in [5.74, 6) is 0. The SMILES string of the molecule is CC=C(CC)N(Cc1ccccc1)C(=O)n1ccnc1. The Morgan fingerprint density at radius 2 is 2.10 bits per heavy atom. The number of carbonyl (C=O) groups is 1. The number of aromatic nitrogens is 2. The molecule has 0 spiro atoms. The van der Waals surface area contributed by atoms with Gasteiger partial charge in [-0.05, 0) is 18.9 Å². The van der Waals surface area contributed by atoms with E-state index in [1.165, 1.54) is 10.9 Å². The Labute approximate surface area is 119 Å². The molecular weight excluding hydrogens is 250 g/mol. The van der Waals surface area contributed by atoms with Crippen LogP contribution in [0.1, 0.15) is 25.8 Å². The van der Waals surface area contributed by atoms with Crippen LogP contribution in [0.3, 0.4) is 0 Å². The predicted molar refractivity (Wildman–Crippen MR) is 79.1 cm³/mol. The summed E-state index contributed by atoms with van der Waals surface area (Å²) in [4.78, 5) is 18.3. The van der Waals surface area contributed by atoms with Gasteiger partial charge in [0.05, 0.1) is 6.54 Å². The van der Waals surface area contributed by atoms with E-state index in [9.17, 15) is 4.79 Å². The van der Waals surface area contributed by atoms with E-state index in [-0.39, 0.29) is 6.03 Å². The Balaban J connectivity index is 2.28.